The van der Waals surface area contributed by atoms with E-state index in [0.717, 1.165) is 0 Å². The molecule has 0 aliphatic heterocycles. The summed E-state index contributed by atoms with van der Waals surface area (Å²) in [5.41, 5.74) is 0.665. The average Bonchev–Trinajstić information content (AvgIpc) is 2.39. The molecule has 18 heavy (non-hydrogen) atoms. The van der Waals surface area contributed by atoms with Gasteiger partial charge in [0, 0.05) is 12.3 Å². The number of carboxylic acid groups (broad SMARTS) is 1. The number of carbonyl (C=O) groups is 1. The van der Waals surface area contributed by atoms with Crippen molar-refractivity contribution >= 4 is 17.5 Å². The highest BCUT2D eigenvalue weighted by Gasteiger charge is 2.05. The fraction of sp³-hybridized carbons (Fsp3) is 0.0833. The summed E-state index contributed by atoms with van der Waals surface area (Å²) >= 11 is 0. The van der Waals surface area contributed by atoms with E-state index >= 15 is 0 Å². The number of pyridine rings is 2. The quantitative estimate of drug-likeness (QED) is 0.856. The number of aromatic carboxylic acids is 1. The molecule has 2 aromatic rings. The Morgan fingerprint density at radius 3 is 2.94 bits per heavy atom. The van der Waals surface area contributed by atoms with Crippen LogP contribution in [0.3, 0.4) is 0 Å². The van der Waals surface area contributed by atoms with E-state index in [9.17, 15) is 4.79 Å². The van der Waals surface area contributed by atoms with Gasteiger partial charge in [0.2, 0.25) is 5.88 Å². The summed E-state index contributed by atoms with van der Waals surface area (Å²) in [7, 11) is 1.53. The molecule has 0 unspecified atom stereocenters. The van der Waals surface area contributed by atoms with Gasteiger partial charge in [0.1, 0.15) is 5.82 Å². The number of rotatable bonds is 4. The van der Waals surface area contributed by atoms with Gasteiger partial charge in [-0.1, -0.05) is 6.07 Å². The van der Waals surface area contributed by atoms with Crippen LogP contribution in [-0.4, -0.2) is 28.2 Å². The predicted molar refractivity (Wildman–Crippen MR) is 65.3 cm³/mol. The summed E-state index contributed by atoms with van der Waals surface area (Å²) in [5.74, 6) is 0.00536. The molecule has 0 amide bonds. The minimum atomic E-state index is -1.02. The van der Waals surface area contributed by atoms with Crippen molar-refractivity contribution in [2.45, 2.75) is 0 Å². The Bertz CT molecular complexity index is 572. The second-order valence-corrected chi connectivity index (χ2v) is 3.46. The molecule has 2 aromatic heterocycles. The van der Waals surface area contributed by atoms with E-state index in [1.807, 2.05) is 0 Å². The molecule has 6 nitrogen and oxygen atoms in total. The highest BCUT2D eigenvalue weighted by Crippen LogP contribution is 2.17. The smallest absolute Gasteiger partial charge is 0.337 e. The average molecular weight is 245 g/mol. The molecule has 0 aliphatic carbocycles. The van der Waals surface area contributed by atoms with E-state index < -0.39 is 5.97 Å². The standard InChI is InChI=1S/C12H11N3O3/c1-18-11-4-2-3-10(15-11)14-9-5-8(12(16)17)6-13-7-9/h2-7H,1H3,(H,14,15)(H,16,17). The number of nitrogens with one attached hydrogen (secondary N) is 1. The third kappa shape index (κ3) is 2.73. The van der Waals surface area contributed by atoms with Crippen molar-refractivity contribution in [1.29, 1.82) is 0 Å². The van der Waals surface area contributed by atoms with E-state index in [1.54, 1.807) is 18.2 Å². The topological polar surface area (TPSA) is 84.3 Å². The fourth-order valence-corrected chi connectivity index (χ4v) is 1.37. The van der Waals surface area contributed by atoms with Crippen molar-refractivity contribution in [1.82, 2.24) is 9.97 Å². The SMILES string of the molecule is COc1cccc(Nc2cncc(C(=O)O)c2)n1. The monoisotopic (exact) mass is 245 g/mol. The molecular weight excluding hydrogens is 234 g/mol. The summed E-state index contributed by atoms with van der Waals surface area (Å²) in [6, 6.07) is 6.73. The zero-order chi connectivity index (χ0) is 13.0. The van der Waals surface area contributed by atoms with Crippen molar-refractivity contribution in [3.8, 4) is 5.88 Å². The highest BCUT2D eigenvalue weighted by atomic mass is 16.5. The van der Waals surface area contributed by atoms with Gasteiger partial charge < -0.3 is 15.2 Å². The first-order valence-corrected chi connectivity index (χ1v) is 5.15. The lowest BCUT2D eigenvalue weighted by atomic mass is 10.2. The zero-order valence-electron chi connectivity index (χ0n) is 9.62. The number of methoxy groups -OCH3 is 1. The zero-order valence-corrected chi connectivity index (χ0v) is 9.62. The van der Waals surface area contributed by atoms with Gasteiger partial charge in [-0.2, -0.15) is 4.98 Å². The number of ether oxygens (including phenoxy) is 1. The van der Waals surface area contributed by atoms with Gasteiger partial charge in [-0.05, 0) is 12.1 Å². The summed E-state index contributed by atoms with van der Waals surface area (Å²) in [6.45, 7) is 0. The molecule has 6 heteroatoms. The van der Waals surface area contributed by atoms with E-state index in [2.05, 4.69) is 15.3 Å². The van der Waals surface area contributed by atoms with E-state index in [0.29, 0.717) is 17.4 Å². The first kappa shape index (κ1) is 11.8. The highest BCUT2D eigenvalue weighted by molar-refractivity contribution is 5.88. The molecule has 2 rings (SSSR count). The number of carboxylic acids is 1. The molecule has 2 heterocycles. The number of anilines is 2. The molecule has 0 saturated heterocycles. The van der Waals surface area contributed by atoms with E-state index in [1.165, 1.54) is 25.6 Å². The molecular formula is C12H11N3O3. The van der Waals surface area contributed by atoms with Gasteiger partial charge in [0.15, 0.2) is 0 Å². The Hall–Kier alpha value is -2.63. The van der Waals surface area contributed by atoms with Crippen LogP contribution in [0.15, 0.2) is 36.7 Å². The van der Waals surface area contributed by atoms with Crippen molar-refractivity contribution in [3.05, 3.63) is 42.2 Å². The number of hydrogen-bond donors (Lipinski definition) is 2. The molecule has 0 atom stereocenters. The second kappa shape index (κ2) is 5.13. The Morgan fingerprint density at radius 1 is 1.39 bits per heavy atom. The molecule has 0 saturated carbocycles. The van der Waals surface area contributed by atoms with Gasteiger partial charge in [-0.3, -0.25) is 4.98 Å². The lowest BCUT2D eigenvalue weighted by Crippen LogP contribution is -2.00. The third-order valence-electron chi connectivity index (χ3n) is 2.19. The van der Waals surface area contributed by atoms with Crippen LogP contribution in [0.1, 0.15) is 10.4 Å². The Labute approximate surface area is 103 Å². The summed E-state index contributed by atoms with van der Waals surface area (Å²) in [5, 5.41) is 11.8. The Balaban J connectivity index is 2.22. The van der Waals surface area contributed by atoms with Crippen LogP contribution >= 0.6 is 0 Å². The van der Waals surface area contributed by atoms with Crippen molar-refractivity contribution in [2.24, 2.45) is 0 Å². The van der Waals surface area contributed by atoms with Crippen LogP contribution in [-0.2, 0) is 0 Å². The third-order valence-corrected chi connectivity index (χ3v) is 2.19. The largest absolute Gasteiger partial charge is 0.481 e. The van der Waals surface area contributed by atoms with Gasteiger partial charge in [0.05, 0.1) is 24.6 Å². The van der Waals surface area contributed by atoms with Crippen molar-refractivity contribution < 1.29 is 14.6 Å². The molecule has 92 valence electrons. The van der Waals surface area contributed by atoms with E-state index in [-0.39, 0.29) is 5.56 Å². The van der Waals surface area contributed by atoms with Crippen LogP contribution in [0.2, 0.25) is 0 Å². The lowest BCUT2D eigenvalue weighted by Gasteiger charge is -2.06. The van der Waals surface area contributed by atoms with E-state index in [4.69, 9.17) is 9.84 Å². The molecule has 0 fully saturated rings. The second-order valence-electron chi connectivity index (χ2n) is 3.46. The molecule has 0 aromatic carbocycles. The number of aromatic nitrogens is 2. The minimum absolute atomic E-state index is 0.114. The predicted octanol–water partition coefficient (Wildman–Crippen LogP) is 1.93. The fourth-order valence-electron chi connectivity index (χ4n) is 1.37. The summed E-state index contributed by atoms with van der Waals surface area (Å²) < 4.78 is 4.99. The van der Waals surface area contributed by atoms with Gasteiger partial charge >= 0.3 is 5.97 Å². The van der Waals surface area contributed by atoms with Crippen LogP contribution in [0.4, 0.5) is 11.5 Å². The van der Waals surface area contributed by atoms with Crippen molar-refractivity contribution in [2.75, 3.05) is 12.4 Å². The lowest BCUT2D eigenvalue weighted by molar-refractivity contribution is 0.0696. The summed E-state index contributed by atoms with van der Waals surface area (Å²) in [6.07, 6.45) is 2.81. The molecule has 0 radical (unpaired) electrons. The van der Waals surface area contributed by atoms with Crippen LogP contribution in [0, 0.1) is 0 Å². The first-order chi connectivity index (χ1) is 8.69. The minimum Gasteiger partial charge on any atom is -0.481 e. The molecule has 2 N–H and O–H groups in total. The normalized spacial score (nSPS) is 9.83. The van der Waals surface area contributed by atoms with Crippen LogP contribution in [0.25, 0.3) is 0 Å². The number of hydrogen-bond acceptors (Lipinski definition) is 5. The van der Waals surface area contributed by atoms with Gasteiger partial charge in [-0.25, -0.2) is 4.79 Å². The Morgan fingerprint density at radius 2 is 2.22 bits per heavy atom. The Kier molecular flexibility index (Phi) is 3.38. The van der Waals surface area contributed by atoms with Crippen LogP contribution in [0.5, 0.6) is 5.88 Å². The van der Waals surface area contributed by atoms with Crippen LogP contribution < -0.4 is 10.1 Å². The molecule has 0 bridgehead atoms. The maximum atomic E-state index is 10.8. The van der Waals surface area contributed by atoms with Gasteiger partial charge in [-0.15, -0.1) is 0 Å². The van der Waals surface area contributed by atoms with Gasteiger partial charge in [0.25, 0.3) is 0 Å². The maximum absolute atomic E-state index is 10.8. The first-order valence-electron chi connectivity index (χ1n) is 5.15. The number of nitrogens with zero attached hydrogens (tertiary/aromatic N) is 2. The molecule has 0 aliphatic rings. The van der Waals surface area contributed by atoms with Crippen molar-refractivity contribution in [3.63, 3.8) is 0 Å². The molecule has 0 spiro atoms. The maximum Gasteiger partial charge on any atom is 0.337 e. The summed E-state index contributed by atoms with van der Waals surface area (Å²) in [4.78, 5) is 18.8.